The first kappa shape index (κ1) is 17.6. The fourth-order valence-corrected chi connectivity index (χ4v) is 2.40. The number of rotatable bonds is 5. The van der Waals surface area contributed by atoms with Gasteiger partial charge in [-0.1, -0.05) is 29.3 Å². The van der Waals surface area contributed by atoms with Crippen molar-refractivity contribution in [2.45, 2.75) is 33.9 Å². The molecule has 2 aromatic rings. The van der Waals surface area contributed by atoms with Crippen molar-refractivity contribution in [2.75, 3.05) is 6.54 Å². The molecule has 2 rings (SSSR count). The van der Waals surface area contributed by atoms with Crippen molar-refractivity contribution in [2.24, 2.45) is 4.99 Å². The second-order valence-electron chi connectivity index (χ2n) is 5.03. The van der Waals surface area contributed by atoms with Crippen molar-refractivity contribution in [1.29, 1.82) is 0 Å². The molecule has 0 aliphatic heterocycles. The number of aromatic nitrogens is 1. The fourth-order valence-electron chi connectivity index (χ4n) is 1.93. The lowest BCUT2D eigenvalue weighted by Crippen LogP contribution is -2.36. The van der Waals surface area contributed by atoms with Crippen LogP contribution in [-0.4, -0.2) is 17.5 Å². The number of benzene rings is 1. The summed E-state index contributed by atoms with van der Waals surface area (Å²) in [5, 5.41) is 7.59. The maximum atomic E-state index is 6.16. The number of guanidine groups is 1. The van der Waals surface area contributed by atoms with Gasteiger partial charge in [0.15, 0.2) is 5.96 Å². The van der Waals surface area contributed by atoms with E-state index in [4.69, 9.17) is 27.6 Å². The zero-order valence-corrected chi connectivity index (χ0v) is 14.9. The van der Waals surface area contributed by atoms with Crippen molar-refractivity contribution < 1.29 is 4.42 Å². The molecular formula is C16H20Cl2N4O. The monoisotopic (exact) mass is 354 g/mol. The molecule has 0 spiro atoms. The number of aryl methyl sites for hydroxylation is 2. The summed E-state index contributed by atoms with van der Waals surface area (Å²) >= 11 is 12.1. The van der Waals surface area contributed by atoms with E-state index in [1.54, 1.807) is 12.1 Å². The van der Waals surface area contributed by atoms with Crippen LogP contribution in [0.1, 0.15) is 29.8 Å². The summed E-state index contributed by atoms with van der Waals surface area (Å²) in [5.41, 5.74) is 1.81. The molecule has 7 heteroatoms. The summed E-state index contributed by atoms with van der Waals surface area (Å²) < 4.78 is 5.55. The van der Waals surface area contributed by atoms with Crippen LogP contribution in [-0.2, 0) is 13.1 Å². The second kappa shape index (κ2) is 8.22. The number of nitrogens with zero attached hydrogens (tertiary/aromatic N) is 2. The van der Waals surface area contributed by atoms with Crippen LogP contribution in [0.15, 0.2) is 27.6 Å². The lowest BCUT2D eigenvalue weighted by atomic mass is 10.2. The van der Waals surface area contributed by atoms with Gasteiger partial charge in [-0.25, -0.2) is 9.98 Å². The molecule has 1 aromatic heterocycles. The third-order valence-corrected chi connectivity index (χ3v) is 3.83. The van der Waals surface area contributed by atoms with Crippen LogP contribution in [0.4, 0.5) is 0 Å². The minimum Gasteiger partial charge on any atom is -0.444 e. The lowest BCUT2D eigenvalue weighted by molar-refractivity contribution is 0.463. The summed E-state index contributed by atoms with van der Waals surface area (Å²) in [6.45, 7) is 7.50. The summed E-state index contributed by atoms with van der Waals surface area (Å²) in [7, 11) is 0. The molecule has 0 aliphatic rings. The summed E-state index contributed by atoms with van der Waals surface area (Å²) in [6, 6.07) is 5.39. The Kier molecular flexibility index (Phi) is 6.30. The van der Waals surface area contributed by atoms with E-state index < -0.39 is 0 Å². The van der Waals surface area contributed by atoms with Gasteiger partial charge in [-0.2, -0.15) is 0 Å². The second-order valence-corrected chi connectivity index (χ2v) is 5.88. The van der Waals surface area contributed by atoms with Crippen molar-refractivity contribution in [3.63, 3.8) is 0 Å². The molecule has 0 bridgehead atoms. The maximum Gasteiger partial charge on any atom is 0.214 e. The summed E-state index contributed by atoms with van der Waals surface area (Å²) in [6.07, 6.45) is 0. The number of halogens is 2. The topological polar surface area (TPSA) is 62.5 Å². The molecule has 0 aliphatic carbocycles. The Morgan fingerprint density at radius 1 is 1.26 bits per heavy atom. The highest BCUT2D eigenvalue weighted by molar-refractivity contribution is 6.35. The minimum atomic E-state index is 0.453. The van der Waals surface area contributed by atoms with Gasteiger partial charge in [0.1, 0.15) is 5.76 Å². The van der Waals surface area contributed by atoms with Crippen LogP contribution in [0.2, 0.25) is 10.0 Å². The molecule has 0 saturated carbocycles. The van der Waals surface area contributed by atoms with Gasteiger partial charge in [-0.05, 0) is 38.5 Å². The Bertz CT molecular complexity index is 678. The van der Waals surface area contributed by atoms with E-state index in [0.29, 0.717) is 35.0 Å². The Balaban J connectivity index is 2.01. The van der Waals surface area contributed by atoms with Gasteiger partial charge in [-0.3, -0.25) is 0 Å². The predicted octanol–water partition coefficient (Wildman–Crippen LogP) is 3.85. The molecule has 0 atom stereocenters. The van der Waals surface area contributed by atoms with Crippen LogP contribution in [0.5, 0.6) is 0 Å². The zero-order valence-electron chi connectivity index (χ0n) is 13.4. The summed E-state index contributed by atoms with van der Waals surface area (Å²) in [5.74, 6) is 2.14. The Hall–Kier alpha value is -1.72. The highest BCUT2D eigenvalue weighted by atomic mass is 35.5. The number of oxazole rings is 1. The summed E-state index contributed by atoms with van der Waals surface area (Å²) in [4.78, 5) is 8.85. The Morgan fingerprint density at radius 2 is 2.04 bits per heavy atom. The van der Waals surface area contributed by atoms with Gasteiger partial charge in [0.25, 0.3) is 0 Å². The van der Waals surface area contributed by atoms with E-state index in [1.807, 2.05) is 26.8 Å². The number of nitrogens with one attached hydrogen (secondary N) is 2. The standard InChI is InChI=1S/C16H20Cl2N4O/c1-4-19-16(21-9-15-22-10(2)11(3)23-15)20-8-12-5-6-13(17)7-14(12)18/h5-7H,4,8-9H2,1-3H3,(H2,19,20,21). The lowest BCUT2D eigenvalue weighted by Gasteiger charge is -2.10. The van der Waals surface area contributed by atoms with E-state index in [0.717, 1.165) is 23.6 Å². The minimum absolute atomic E-state index is 0.453. The molecule has 0 radical (unpaired) electrons. The molecular weight excluding hydrogens is 335 g/mol. The van der Waals surface area contributed by atoms with E-state index in [9.17, 15) is 0 Å². The number of hydrogen-bond donors (Lipinski definition) is 2. The largest absolute Gasteiger partial charge is 0.444 e. The first-order valence-corrected chi connectivity index (χ1v) is 8.14. The van der Waals surface area contributed by atoms with Crippen LogP contribution >= 0.6 is 23.2 Å². The molecule has 23 heavy (non-hydrogen) atoms. The van der Waals surface area contributed by atoms with Crippen LogP contribution in [0.25, 0.3) is 0 Å². The van der Waals surface area contributed by atoms with Crippen molar-refractivity contribution >= 4 is 29.2 Å². The van der Waals surface area contributed by atoms with E-state index in [2.05, 4.69) is 20.6 Å². The SMILES string of the molecule is CCNC(=NCc1ccc(Cl)cc1Cl)NCc1nc(C)c(C)o1. The molecule has 0 amide bonds. The first-order chi connectivity index (χ1) is 11.0. The molecule has 2 N–H and O–H groups in total. The average Bonchev–Trinajstić information content (AvgIpc) is 2.82. The normalized spacial score (nSPS) is 11.6. The predicted molar refractivity (Wildman–Crippen MR) is 94.1 cm³/mol. The van der Waals surface area contributed by atoms with E-state index in [1.165, 1.54) is 0 Å². The van der Waals surface area contributed by atoms with Crippen molar-refractivity contribution in [3.8, 4) is 0 Å². The van der Waals surface area contributed by atoms with Crippen molar-refractivity contribution in [1.82, 2.24) is 15.6 Å². The van der Waals surface area contributed by atoms with Gasteiger partial charge in [-0.15, -0.1) is 0 Å². The first-order valence-electron chi connectivity index (χ1n) is 7.38. The van der Waals surface area contributed by atoms with E-state index >= 15 is 0 Å². The quantitative estimate of drug-likeness (QED) is 0.632. The Morgan fingerprint density at radius 3 is 2.65 bits per heavy atom. The van der Waals surface area contributed by atoms with Crippen LogP contribution < -0.4 is 10.6 Å². The zero-order chi connectivity index (χ0) is 16.8. The number of hydrogen-bond acceptors (Lipinski definition) is 3. The van der Waals surface area contributed by atoms with Gasteiger partial charge >= 0.3 is 0 Å². The highest BCUT2D eigenvalue weighted by Gasteiger charge is 2.07. The van der Waals surface area contributed by atoms with Gasteiger partial charge in [0.2, 0.25) is 5.89 Å². The average molecular weight is 355 g/mol. The third kappa shape index (κ3) is 5.15. The molecule has 1 aromatic carbocycles. The third-order valence-electron chi connectivity index (χ3n) is 3.25. The number of aliphatic imine (C=N–C) groups is 1. The molecule has 124 valence electrons. The fraction of sp³-hybridized carbons (Fsp3) is 0.375. The molecule has 5 nitrogen and oxygen atoms in total. The molecule has 0 fully saturated rings. The van der Waals surface area contributed by atoms with Gasteiger partial charge < -0.3 is 15.1 Å². The van der Waals surface area contributed by atoms with Crippen LogP contribution in [0.3, 0.4) is 0 Å². The van der Waals surface area contributed by atoms with Gasteiger partial charge in [0.05, 0.1) is 18.8 Å². The van der Waals surface area contributed by atoms with E-state index in [-0.39, 0.29) is 0 Å². The highest BCUT2D eigenvalue weighted by Crippen LogP contribution is 2.21. The van der Waals surface area contributed by atoms with Crippen LogP contribution in [0, 0.1) is 13.8 Å². The Labute approximate surface area is 146 Å². The smallest absolute Gasteiger partial charge is 0.214 e. The van der Waals surface area contributed by atoms with Gasteiger partial charge in [0, 0.05) is 16.6 Å². The molecule has 0 saturated heterocycles. The molecule has 1 heterocycles. The van der Waals surface area contributed by atoms with Crippen molar-refractivity contribution in [3.05, 3.63) is 51.2 Å². The maximum absolute atomic E-state index is 6.16. The molecule has 0 unspecified atom stereocenters.